The summed E-state index contributed by atoms with van der Waals surface area (Å²) in [5.41, 5.74) is -1.47. The maximum atomic E-state index is 13.5. The van der Waals surface area contributed by atoms with E-state index in [1.807, 2.05) is 0 Å². The van der Waals surface area contributed by atoms with Crippen LogP contribution >= 0.6 is 0 Å². The Morgan fingerprint density at radius 3 is 2.22 bits per heavy atom. The van der Waals surface area contributed by atoms with E-state index in [9.17, 15) is 27.6 Å². The molecule has 2 aromatic rings. The standard InChI is InChI=1S/C26H34F3N5O3/c1-17(2)15-33(3)25(37)19-11-9-18(10-12-19)23(35)30-13-14-31-24(36)21-16-34(20-7-5-4-6-8-20)32-22(21)26(27,28)29/h4-8,16-19H,9-15H2,1-3H3,(H,30,35)(H,31,36). The lowest BCUT2D eigenvalue weighted by atomic mass is 9.81. The highest BCUT2D eigenvalue weighted by atomic mass is 19.4. The molecule has 1 aliphatic rings. The summed E-state index contributed by atoms with van der Waals surface area (Å²) in [6, 6.07) is 8.19. The number of aromatic nitrogens is 2. The fourth-order valence-corrected chi connectivity index (χ4v) is 4.62. The summed E-state index contributed by atoms with van der Waals surface area (Å²) < 4.78 is 41.5. The van der Waals surface area contributed by atoms with Crippen molar-refractivity contribution in [3.8, 4) is 5.69 Å². The van der Waals surface area contributed by atoms with Crippen LogP contribution in [0.4, 0.5) is 13.2 Å². The Morgan fingerprint density at radius 1 is 1.03 bits per heavy atom. The highest BCUT2D eigenvalue weighted by molar-refractivity contribution is 5.95. The molecule has 1 aromatic heterocycles. The smallest absolute Gasteiger partial charge is 0.354 e. The average Bonchev–Trinajstić information content (AvgIpc) is 3.33. The van der Waals surface area contributed by atoms with Crippen molar-refractivity contribution in [1.82, 2.24) is 25.3 Å². The molecule has 37 heavy (non-hydrogen) atoms. The first-order valence-electron chi connectivity index (χ1n) is 12.5. The third-order valence-corrected chi connectivity index (χ3v) is 6.42. The summed E-state index contributed by atoms with van der Waals surface area (Å²) >= 11 is 0. The van der Waals surface area contributed by atoms with Gasteiger partial charge < -0.3 is 15.5 Å². The van der Waals surface area contributed by atoms with Crippen LogP contribution in [0.15, 0.2) is 36.5 Å². The predicted octanol–water partition coefficient (Wildman–Crippen LogP) is 3.66. The molecule has 1 saturated carbocycles. The minimum Gasteiger partial charge on any atom is -0.354 e. The number of carbonyl (C=O) groups is 3. The van der Waals surface area contributed by atoms with E-state index in [-0.39, 0.29) is 36.7 Å². The van der Waals surface area contributed by atoms with Gasteiger partial charge in [-0.25, -0.2) is 4.68 Å². The lowest BCUT2D eigenvalue weighted by Gasteiger charge is -2.30. The summed E-state index contributed by atoms with van der Waals surface area (Å²) in [7, 11) is 1.81. The molecule has 0 aliphatic heterocycles. The van der Waals surface area contributed by atoms with Crippen molar-refractivity contribution in [3.63, 3.8) is 0 Å². The molecule has 1 aliphatic carbocycles. The minimum atomic E-state index is -4.80. The van der Waals surface area contributed by atoms with Crippen LogP contribution in [0.25, 0.3) is 5.69 Å². The third-order valence-electron chi connectivity index (χ3n) is 6.42. The number of hydrogen-bond acceptors (Lipinski definition) is 4. The monoisotopic (exact) mass is 521 g/mol. The molecule has 8 nitrogen and oxygen atoms in total. The molecule has 0 spiro atoms. The number of amides is 3. The van der Waals surface area contributed by atoms with Crippen LogP contribution in [0, 0.1) is 17.8 Å². The Bertz CT molecular complexity index is 1080. The van der Waals surface area contributed by atoms with Crippen LogP contribution in [0.5, 0.6) is 0 Å². The molecule has 0 atom stereocenters. The Hall–Kier alpha value is -3.37. The molecular weight excluding hydrogens is 487 g/mol. The van der Waals surface area contributed by atoms with Crippen molar-refractivity contribution < 1.29 is 27.6 Å². The zero-order chi connectivity index (χ0) is 27.2. The second kappa shape index (κ2) is 12.2. The summed E-state index contributed by atoms with van der Waals surface area (Å²) in [6.07, 6.45) is -1.28. The largest absolute Gasteiger partial charge is 0.435 e. The number of nitrogens with one attached hydrogen (secondary N) is 2. The number of para-hydroxylation sites is 1. The fraction of sp³-hybridized carbons (Fsp3) is 0.538. The third kappa shape index (κ3) is 7.56. The van der Waals surface area contributed by atoms with Crippen molar-refractivity contribution in [2.45, 2.75) is 45.7 Å². The topological polar surface area (TPSA) is 96.3 Å². The molecule has 2 N–H and O–H groups in total. The van der Waals surface area contributed by atoms with Crippen LogP contribution in [0.2, 0.25) is 0 Å². The van der Waals surface area contributed by atoms with Gasteiger partial charge in [-0.1, -0.05) is 32.0 Å². The molecule has 11 heteroatoms. The van der Waals surface area contributed by atoms with Gasteiger partial charge in [-0.3, -0.25) is 14.4 Å². The molecule has 0 unspecified atom stereocenters. The van der Waals surface area contributed by atoms with Gasteiger partial charge in [-0.2, -0.15) is 18.3 Å². The number of carbonyl (C=O) groups excluding carboxylic acids is 3. The molecule has 3 amide bonds. The van der Waals surface area contributed by atoms with Crippen molar-refractivity contribution in [3.05, 3.63) is 47.8 Å². The van der Waals surface area contributed by atoms with Crippen molar-refractivity contribution in [2.24, 2.45) is 17.8 Å². The summed E-state index contributed by atoms with van der Waals surface area (Å²) in [5, 5.41) is 8.73. The zero-order valence-electron chi connectivity index (χ0n) is 21.3. The molecule has 0 bridgehead atoms. The molecule has 1 heterocycles. The van der Waals surface area contributed by atoms with Gasteiger partial charge in [0, 0.05) is 44.7 Å². The molecular formula is C26H34F3N5O3. The SMILES string of the molecule is CC(C)CN(C)C(=O)C1CCC(C(=O)NCCNC(=O)c2cn(-c3ccccc3)nc2C(F)(F)F)CC1. The average molecular weight is 522 g/mol. The van der Waals surface area contributed by atoms with Crippen molar-refractivity contribution in [1.29, 1.82) is 0 Å². The van der Waals surface area contributed by atoms with E-state index in [4.69, 9.17) is 0 Å². The van der Waals surface area contributed by atoms with Crippen molar-refractivity contribution >= 4 is 17.7 Å². The lowest BCUT2D eigenvalue weighted by molar-refractivity contribution is -0.141. The second-order valence-electron chi connectivity index (χ2n) is 9.88. The molecule has 0 saturated heterocycles. The van der Waals surface area contributed by atoms with Crippen molar-refractivity contribution in [2.75, 3.05) is 26.7 Å². The van der Waals surface area contributed by atoms with Crippen LogP contribution in [0.1, 0.15) is 55.6 Å². The maximum absolute atomic E-state index is 13.5. The van der Waals surface area contributed by atoms with E-state index >= 15 is 0 Å². The molecule has 202 valence electrons. The number of halogens is 3. The van der Waals surface area contributed by atoms with E-state index in [1.165, 1.54) is 0 Å². The van der Waals surface area contributed by atoms with E-state index in [0.717, 1.165) is 10.9 Å². The van der Waals surface area contributed by atoms with Gasteiger partial charge in [-0.15, -0.1) is 0 Å². The first kappa shape index (κ1) is 28.2. The van der Waals surface area contributed by atoms with Crippen LogP contribution in [0.3, 0.4) is 0 Å². The molecule has 0 radical (unpaired) electrons. The number of alkyl halides is 3. The Morgan fingerprint density at radius 2 is 1.62 bits per heavy atom. The summed E-state index contributed by atoms with van der Waals surface area (Å²) in [5.74, 6) is -0.902. The molecule has 3 rings (SSSR count). The Balaban J connectivity index is 1.47. The lowest BCUT2D eigenvalue weighted by Crippen LogP contribution is -2.41. The fourth-order valence-electron chi connectivity index (χ4n) is 4.62. The van der Waals surface area contributed by atoms with Gasteiger partial charge in [0.1, 0.15) is 0 Å². The van der Waals surface area contributed by atoms with Crippen LogP contribution in [-0.2, 0) is 15.8 Å². The van der Waals surface area contributed by atoms with E-state index < -0.39 is 23.3 Å². The van der Waals surface area contributed by atoms with Crippen LogP contribution in [-0.4, -0.2) is 59.1 Å². The van der Waals surface area contributed by atoms with E-state index in [1.54, 1.807) is 42.3 Å². The van der Waals surface area contributed by atoms with Gasteiger partial charge in [0.2, 0.25) is 11.8 Å². The number of rotatable bonds is 9. The van der Waals surface area contributed by atoms with Gasteiger partial charge >= 0.3 is 6.18 Å². The van der Waals surface area contributed by atoms with Gasteiger partial charge in [0.05, 0.1) is 11.3 Å². The normalized spacial score (nSPS) is 17.9. The van der Waals surface area contributed by atoms with E-state index in [2.05, 4.69) is 29.6 Å². The van der Waals surface area contributed by atoms with Gasteiger partial charge in [0.15, 0.2) is 5.69 Å². The van der Waals surface area contributed by atoms with E-state index in [0.29, 0.717) is 43.8 Å². The number of benzene rings is 1. The maximum Gasteiger partial charge on any atom is 0.435 e. The first-order valence-corrected chi connectivity index (χ1v) is 12.5. The molecule has 1 aromatic carbocycles. The zero-order valence-corrected chi connectivity index (χ0v) is 21.3. The number of nitrogens with zero attached hydrogens (tertiary/aromatic N) is 3. The number of hydrogen-bond donors (Lipinski definition) is 2. The van der Waals surface area contributed by atoms with Gasteiger partial charge in [-0.05, 0) is 43.7 Å². The van der Waals surface area contributed by atoms with Gasteiger partial charge in [0.25, 0.3) is 5.91 Å². The van der Waals surface area contributed by atoms with Crippen LogP contribution < -0.4 is 10.6 Å². The summed E-state index contributed by atoms with van der Waals surface area (Å²) in [4.78, 5) is 39.4. The highest BCUT2D eigenvalue weighted by Gasteiger charge is 2.39. The predicted molar refractivity (Wildman–Crippen MR) is 132 cm³/mol. The second-order valence-corrected chi connectivity index (χ2v) is 9.88. The Labute approximate surface area is 214 Å². The minimum absolute atomic E-state index is 0.0355. The quantitative estimate of drug-likeness (QED) is 0.493. The summed E-state index contributed by atoms with van der Waals surface area (Å²) in [6.45, 7) is 4.85. The first-order chi connectivity index (χ1) is 17.5. The Kier molecular flexibility index (Phi) is 9.34. The highest BCUT2D eigenvalue weighted by Crippen LogP contribution is 2.32. The molecule has 1 fully saturated rings.